The highest BCUT2D eigenvalue weighted by Crippen LogP contribution is 2.21. The second-order valence-corrected chi connectivity index (χ2v) is 9.02. The van der Waals surface area contributed by atoms with Gasteiger partial charge in [-0.15, -0.1) is 0 Å². The van der Waals surface area contributed by atoms with Crippen molar-refractivity contribution in [2.45, 2.75) is 31.6 Å². The van der Waals surface area contributed by atoms with Gasteiger partial charge in [-0.1, -0.05) is 25.4 Å². The van der Waals surface area contributed by atoms with E-state index in [2.05, 4.69) is 4.72 Å². The van der Waals surface area contributed by atoms with E-state index in [9.17, 15) is 13.2 Å². The monoisotopic (exact) mass is 419 g/mol. The fourth-order valence-corrected chi connectivity index (χ4v) is 4.37. The van der Waals surface area contributed by atoms with Gasteiger partial charge < -0.3 is 0 Å². The lowest BCUT2D eigenvalue weighted by molar-refractivity contribution is 0.601. The molecule has 1 N–H and O–H groups in total. The molecule has 0 aliphatic heterocycles. The Morgan fingerprint density at radius 2 is 1.57 bits per heavy atom. The summed E-state index contributed by atoms with van der Waals surface area (Å²) in [6.07, 6.45) is 0. The van der Waals surface area contributed by atoms with Crippen LogP contribution in [0.1, 0.15) is 31.0 Å². The molecule has 1 heterocycles. The molecule has 8 heteroatoms. The number of benzene rings is 2. The van der Waals surface area contributed by atoms with Gasteiger partial charge in [-0.05, 0) is 61.4 Å². The maximum absolute atomic E-state index is 12.8. The van der Waals surface area contributed by atoms with Crippen LogP contribution in [0.4, 0.5) is 5.69 Å². The summed E-state index contributed by atoms with van der Waals surface area (Å²) in [5, 5.41) is 0.524. The van der Waals surface area contributed by atoms with Crippen molar-refractivity contribution in [3.8, 4) is 5.69 Å². The van der Waals surface area contributed by atoms with Crippen molar-refractivity contribution in [3.63, 3.8) is 0 Å². The first-order valence-corrected chi connectivity index (χ1v) is 10.6. The van der Waals surface area contributed by atoms with E-state index in [-0.39, 0.29) is 16.4 Å². The van der Waals surface area contributed by atoms with Crippen molar-refractivity contribution in [2.75, 3.05) is 4.72 Å². The topological polar surface area (TPSA) is 73.1 Å². The van der Waals surface area contributed by atoms with E-state index in [0.717, 1.165) is 11.3 Å². The normalized spacial score (nSPS) is 11.8. The highest BCUT2D eigenvalue weighted by molar-refractivity contribution is 7.92. The largest absolute Gasteiger partial charge is 0.285 e. The molecule has 0 amide bonds. The quantitative estimate of drug-likeness (QED) is 0.677. The third-order valence-corrected chi connectivity index (χ3v) is 6.31. The lowest BCUT2D eigenvalue weighted by atomic mass is 10.0. The van der Waals surface area contributed by atoms with Gasteiger partial charge in [-0.3, -0.25) is 14.2 Å². The molecule has 2 aromatic carbocycles. The Kier molecular flexibility index (Phi) is 5.41. The minimum absolute atomic E-state index is 0.0927. The highest BCUT2D eigenvalue weighted by Gasteiger charge is 2.19. The summed E-state index contributed by atoms with van der Waals surface area (Å²) in [4.78, 5) is 12.9. The van der Waals surface area contributed by atoms with Crippen LogP contribution in [0.25, 0.3) is 5.69 Å². The van der Waals surface area contributed by atoms with Crippen LogP contribution in [-0.4, -0.2) is 17.8 Å². The van der Waals surface area contributed by atoms with E-state index in [1.807, 2.05) is 27.8 Å². The minimum Gasteiger partial charge on any atom is -0.285 e. The van der Waals surface area contributed by atoms with Crippen LogP contribution in [0.15, 0.2) is 58.2 Å². The number of halogens is 1. The van der Waals surface area contributed by atoms with Crippen molar-refractivity contribution < 1.29 is 8.42 Å². The first kappa shape index (κ1) is 20.2. The molecule has 0 aliphatic carbocycles. The minimum atomic E-state index is -3.75. The van der Waals surface area contributed by atoms with E-state index in [1.165, 1.54) is 12.1 Å². The second-order valence-electron chi connectivity index (χ2n) is 6.90. The summed E-state index contributed by atoms with van der Waals surface area (Å²) < 4.78 is 31.0. The Labute approximate surface area is 169 Å². The summed E-state index contributed by atoms with van der Waals surface area (Å²) in [5.41, 5.74) is 2.58. The number of hydrogen-bond acceptors (Lipinski definition) is 3. The highest BCUT2D eigenvalue weighted by atomic mass is 35.5. The van der Waals surface area contributed by atoms with Gasteiger partial charge in [0.1, 0.15) is 0 Å². The number of nitrogens with zero attached hydrogens (tertiary/aromatic N) is 2. The Hall–Kier alpha value is -2.51. The molecule has 0 saturated carbocycles. The van der Waals surface area contributed by atoms with E-state index in [4.69, 9.17) is 11.6 Å². The number of sulfonamides is 1. The van der Waals surface area contributed by atoms with Gasteiger partial charge >= 0.3 is 0 Å². The van der Waals surface area contributed by atoms with Crippen molar-refractivity contribution in [1.82, 2.24) is 9.36 Å². The predicted octanol–water partition coefficient (Wildman–Crippen LogP) is 4.06. The van der Waals surface area contributed by atoms with Gasteiger partial charge in [-0.2, -0.15) is 0 Å². The van der Waals surface area contributed by atoms with Crippen LogP contribution >= 0.6 is 11.6 Å². The molecule has 0 bridgehead atoms. The molecule has 0 saturated heterocycles. The molecule has 1 aromatic heterocycles. The number of aromatic nitrogens is 2. The molecule has 0 unspecified atom stereocenters. The molecule has 6 nitrogen and oxygen atoms in total. The number of nitrogens with one attached hydrogen (secondary N) is 1. The first-order valence-electron chi connectivity index (χ1n) is 8.79. The zero-order valence-corrected chi connectivity index (χ0v) is 17.7. The SMILES string of the molecule is Cc1c(C(C)C)c(=O)n(-c2ccc(S(=O)(=O)Nc3ccc(Cl)cc3)cc2)n1C. The van der Waals surface area contributed by atoms with Crippen molar-refractivity contribution in [1.29, 1.82) is 0 Å². The molecule has 0 spiro atoms. The van der Waals surface area contributed by atoms with Gasteiger partial charge in [0, 0.05) is 29.0 Å². The number of anilines is 1. The Morgan fingerprint density at radius 1 is 1.00 bits per heavy atom. The zero-order valence-electron chi connectivity index (χ0n) is 16.1. The Bertz CT molecular complexity index is 1160. The molecule has 28 heavy (non-hydrogen) atoms. The Morgan fingerprint density at radius 3 is 2.07 bits per heavy atom. The summed E-state index contributed by atoms with van der Waals surface area (Å²) in [6, 6.07) is 12.6. The molecule has 0 aliphatic rings. The molecular weight excluding hydrogens is 398 g/mol. The maximum Gasteiger partial charge on any atom is 0.275 e. The molecule has 0 atom stereocenters. The molecule has 148 valence electrons. The third kappa shape index (κ3) is 3.72. The zero-order chi connectivity index (χ0) is 20.6. The van der Waals surface area contributed by atoms with Gasteiger partial charge in [0.2, 0.25) is 0 Å². The van der Waals surface area contributed by atoms with Gasteiger partial charge in [0.25, 0.3) is 15.6 Å². The summed E-state index contributed by atoms with van der Waals surface area (Å²) in [7, 11) is -1.93. The first-order chi connectivity index (χ1) is 13.1. The average molecular weight is 420 g/mol. The number of rotatable bonds is 5. The van der Waals surface area contributed by atoms with Gasteiger partial charge in [0.05, 0.1) is 10.6 Å². The Balaban J connectivity index is 1.95. The fourth-order valence-electron chi connectivity index (χ4n) is 3.18. The fraction of sp³-hybridized carbons (Fsp3) is 0.250. The molecular formula is C20H22ClN3O3S. The van der Waals surface area contributed by atoms with Gasteiger partial charge in [0.15, 0.2) is 0 Å². The lowest BCUT2D eigenvalue weighted by Gasteiger charge is -2.11. The summed E-state index contributed by atoms with van der Waals surface area (Å²) >= 11 is 5.83. The lowest BCUT2D eigenvalue weighted by Crippen LogP contribution is -2.21. The van der Waals surface area contributed by atoms with Crippen LogP contribution in [-0.2, 0) is 17.1 Å². The van der Waals surface area contributed by atoms with Crippen LogP contribution in [0.2, 0.25) is 5.02 Å². The van der Waals surface area contributed by atoms with E-state index >= 15 is 0 Å². The van der Waals surface area contributed by atoms with E-state index in [0.29, 0.717) is 16.4 Å². The van der Waals surface area contributed by atoms with E-state index < -0.39 is 10.0 Å². The molecule has 0 radical (unpaired) electrons. The van der Waals surface area contributed by atoms with Crippen molar-refractivity contribution >= 4 is 27.3 Å². The van der Waals surface area contributed by atoms with Crippen LogP contribution in [0.3, 0.4) is 0 Å². The standard InChI is InChI=1S/C20H22ClN3O3S/c1-13(2)19-14(3)23(4)24(20(19)25)17-9-11-18(12-10-17)28(26,27)22-16-7-5-15(21)6-8-16/h5-13,22H,1-4H3. The maximum atomic E-state index is 12.8. The summed E-state index contributed by atoms with van der Waals surface area (Å²) in [5.74, 6) is 0.100. The second kappa shape index (κ2) is 7.48. The third-order valence-electron chi connectivity index (χ3n) is 4.66. The van der Waals surface area contributed by atoms with Crippen molar-refractivity contribution in [2.24, 2.45) is 7.05 Å². The van der Waals surface area contributed by atoms with Crippen molar-refractivity contribution in [3.05, 3.63) is 75.2 Å². The van der Waals surface area contributed by atoms with E-state index in [1.54, 1.807) is 45.8 Å². The predicted molar refractivity (Wildman–Crippen MR) is 112 cm³/mol. The van der Waals surface area contributed by atoms with Crippen LogP contribution in [0, 0.1) is 6.92 Å². The van der Waals surface area contributed by atoms with Crippen LogP contribution < -0.4 is 10.3 Å². The summed E-state index contributed by atoms with van der Waals surface area (Å²) in [6.45, 7) is 5.86. The smallest absolute Gasteiger partial charge is 0.275 e. The molecule has 3 rings (SSSR count). The molecule has 3 aromatic rings. The van der Waals surface area contributed by atoms with Gasteiger partial charge in [-0.25, -0.2) is 13.1 Å². The number of hydrogen-bond donors (Lipinski definition) is 1. The van der Waals surface area contributed by atoms with Crippen LogP contribution in [0.5, 0.6) is 0 Å². The average Bonchev–Trinajstić information content (AvgIpc) is 2.86. The molecule has 0 fully saturated rings.